The molecule has 27 heavy (non-hydrogen) atoms. The topological polar surface area (TPSA) is 84.5 Å². The molecule has 1 amide bonds. The average Bonchev–Trinajstić information content (AvgIpc) is 3.16. The van der Waals surface area contributed by atoms with Gasteiger partial charge in [0.15, 0.2) is 0 Å². The van der Waals surface area contributed by atoms with Crippen LogP contribution in [0.2, 0.25) is 0 Å². The lowest BCUT2D eigenvalue weighted by molar-refractivity contribution is 0.102. The van der Waals surface area contributed by atoms with Crippen LogP contribution in [-0.2, 0) is 14.8 Å². The van der Waals surface area contributed by atoms with E-state index in [2.05, 4.69) is 10.0 Å². The first-order valence-electron chi connectivity index (χ1n) is 8.64. The van der Waals surface area contributed by atoms with Gasteiger partial charge in [0.05, 0.1) is 16.7 Å². The van der Waals surface area contributed by atoms with Gasteiger partial charge in [0.25, 0.3) is 5.91 Å². The second-order valence-electron chi connectivity index (χ2n) is 6.45. The average molecular weight is 392 g/mol. The first-order valence-corrected chi connectivity index (χ1v) is 10.1. The number of rotatable bonds is 6. The Bertz CT molecular complexity index is 923. The lowest BCUT2D eigenvalue weighted by Gasteiger charge is -2.12. The molecule has 0 aliphatic carbocycles. The molecule has 1 atom stereocenters. The van der Waals surface area contributed by atoms with E-state index in [1.165, 1.54) is 36.4 Å². The van der Waals surface area contributed by atoms with Crippen molar-refractivity contribution in [1.29, 1.82) is 0 Å². The van der Waals surface area contributed by atoms with Gasteiger partial charge in [-0.25, -0.2) is 17.5 Å². The summed E-state index contributed by atoms with van der Waals surface area (Å²) in [5.74, 6) is -1.05. The highest BCUT2D eigenvalue weighted by Crippen LogP contribution is 2.18. The highest BCUT2D eigenvalue weighted by Gasteiger charge is 2.20. The summed E-state index contributed by atoms with van der Waals surface area (Å²) in [5.41, 5.74) is 1.05. The van der Waals surface area contributed by atoms with Crippen molar-refractivity contribution in [3.8, 4) is 0 Å². The van der Waals surface area contributed by atoms with Crippen LogP contribution in [0.4, 0.5) is 10.1 Å². The molecule has 0 radical (unpaired) electrons. The number of hydrogen-bond acceptors (Lipinski definition) is 4. The number of carbonyl (C=O) groups is 1. The summed E-state index contributed by atoms with van der Waals surface area (Å²) in [4.78, 5) is 12.3. The van der Waals surface area contributed by atoms with Crippen LogP contribution in [0.3, 0.4) is 0 Å². The highest BCUT2D eigenvalue weighted by molar-refractivity contribution is 7.89. The molecule has 1 saturated heterocycles. The molecule has 1 fully saturated rings. The van der Waals surface area contributed by atoms with E-state index in [0.717, 1.165) is 18.4 Å². The van der Waals surface area contributed by atoms with Gasteiger partial charge in [-0.15, -0.1) is 0 Å². The Morgan fingerprint density at radius 2 is 1.96 bits per heavy atom. The normalized spacial score (nSPS) is 17.0. The third kappa shape index (κ3) is 4.91. The Morgan fingerprint density at radius 1 is 1.22 bits per heavy atom. The van der Waals surface area contributed by atoms with Gasteiger partial charge < -0.3 is 10.1 Å². The van der Waals surface area contributed by atoms with E-state index in [1.54, 1.807) is 13.0 Å². The fourth-order valence-corrected chi connectivity index (χ4v) is 3.86. The Kier molecular flexibility index (Phi) is 5.88. The van der Waals surface area contributed by atoms with Crippen molar-refractivity contribution >= 4 is 21.6 Å². The largest absolute Gasteiger partial charge is 0.377 e. The molecule has 0 aromatic heterocycles. The van der Waals surface area contributed by atoms with Crippen LogP contribution < -0.4 is 10.0 Å². The number of carbonyl (C=O) groups excluding carboxylic acids is 1. The van der Waals surface area contributed by atoms with E-state index < -0.39 is 21.7 Å². The number of ether oxygens (including phenoxy) is 1. The number of anilines is 1. The highest BCUT2D eigenvalue weighted by atomic mass is 32.2. The van der Waals surface area contributed by atoms with Crippen LogP contribution in [0.25, 0.3) is 0 Å². The molecule has 144 valence electrons. The molecule has 1 aliphatic rings. The van der Waals surface area contributed by atoms with E-state index in [1.807, 2.05) is 0 Å². The first-order chi connectivity index (χ1) is 12.8. The molecule has 0 bridgehead atoms. The van der Waals surface area contributed by atoms with E-state index >= 15 is 0 Å². The summed E-state index contributed by atoms with van der Waals surface area (Å²) >= 11 is 0. The van der Waals surface area contributed by atoms with E-state index in [-0.39, 0.29) is 28.8 Å². The van der Waals surface area contributed by atoms with Gasteiger partial charge in [0.1, 0.15) is 5.82 Å². The van der Waals surface area contributed by atoms with Gasteiger partial charge in [-0.1, -0.05) is 6.07 Å². The molecule has 0 unspecified atom stereocenters. The predicted octanol–water partition coefficient (Wildman–Crippen LogP) is 2.84. The number of halogens is 1. The SMILES string of the molecule is Cc1ccc(NC(=O)c2ccc(S(=O)(=O)NC[C@H]3CCCO3)cc2)c(F)c1. The molecule has 3 rings (SSSR count). The minimum atomic E-state index is -3.68. The number of nitrogens with one attached hydrogen (secondary N) is 2. The Hall–Kier alpha value is -2.29. The van der Waals surface area contributed by atoms with Crippen molar-refractivity contribution in [2.75, 3.05) is 18.5 Å². The van der Waals surface area contributed by atoms with Crippen molar-refractivity contribution < 1.29 is 22.3 Å². The molecule has 2 aromatic carbocycles. The predicted molar refractivity (Wildman–Crippen MR) is 99.7 cm³/mol. The zero-order valence-corrected chi connectivity index (χ0v) is 15.7. The maximum Gasteiger partial charge on any atom is 0.255 e. The van der Waals surface area contributed by atoms with Crippen LogP contribution in [0.5, 0.6) is 0 Å². The van der Waals surface area contributed by atoms with Gasteiger partial charge in [-0.2, -0.15) is 0 Å². The van der Waals surface area contributed by atoms with Gasteiger partial charge in [-0.3, -0.25) is 4.79 Å². The zero-order valence-electron chi connectivity index (χ0n) is 14.9. The quantitative estimate of drug-likeness (QED) is 0.792. The number of aryl methyl sites for hydroxylation is 1. The van der Waals surface area contributed by atoms with Crippen LogP contribution in [-0.4, -0.2) is 33.6 Å². The fourth-order valence-electron chi connectivity index (χ4n) is 2.79. The van der Waals surface area contributed by atoms with Gasteiger partial charge >= 0.3 is 0 Å². The summed E-state index contributed by atoms with van der Waals surface area (Å²) in [5, 5.41) is 2.48. The van der Waals surface area contributed by atoms with Crippen LogP contribution in [0, 0.1) is 12.7 Å². The molecular weight excluding hydrogens is 371 g/mol. The van der Waals surface area contributed by atoms with Crippen molar-refractivity contribution in [3.63, 3.8) is 0 Å². The molecule has 1 aliphatic heterocycles. The van der Waals surface area contributed by atoms with Crippen LogP contribution in [0.1, 0.15) is 28.8 Å². The third-order valence-corrected chi connectivity index (χ3v) is 5.76. The number of benzene rings is 2. The van der Waals surface area contributed by atoms with Gasteiger partial charge in [0, 0.05) is 18.7 Å². The molecular formula is C19H21FN2O4S. The van der Waals surface area contributed by atoms with Gasteiger partial charge in [0.2, 0.25) is 10.0 Å². The smallest absolute Gasteiger partial charge is 0.255 e. The standard InChI is InChI=1S/C19H21FN2O4S/c1-13-4-9-18(17(20)11-13)22-19(23)14-5-7-16(8-6-14)27(24,25)21-12-15-3-2-10-26-15/h4-9,11,15,21H,2-3,10,12H2,1H3,(H,22,23)/t15-/m1/s1. The number of hydrogen-bond donors (Lipinski definition) is 2. The van der Waals surface area contributed by atoms with Crippen LogP contribution in [0.15, 0.2) is 47.4 Å². The molecule has 1 heterocycles. The second-order valence-corrected chi connectivity index (χ2v) is 8.22. The zero-order chi connectivity index (χ0) is 19.4. The minimum Gasteiger partial charge on any atom is -0.377 e. The summed E-state index contributed by atoms with van der Waals surface area (Å²) in [7, 11) is -3.68. The monoisotopic (exact) mass is 392 g/mol. The molecule has 2 aromatic rings. The maximum absolute atomic E-state index is 13.8. The van der Waals surface area contributed by atoms with E-state index in [4.69, 9.17) is 4.74 Å². The third-order valence-electron chi connectivity index (χ3n) is 4.32. The molecule has 8 heteroatoms. The molecule has 0 saturated carbocycles. The Balaban J connectivity index is 1.65. The maximum atomic E-state index is 13.8. The van der Waals surface area contributed by atoms with E-state index in [9.17, 15) is 17.6 Å². The Labute approximate surface area is 157 Å². The molecule has 6 nitrogen and oxygen atoms in total. The minimum absolute atomic E-state index is 0.0542. The number of sulfonamides is 1. The number of amides is 1. The summed E-state index contributed by atoms with van der Waals surface area (Å²) < 4.78 is 46.4. The van der Waals surface area contributed by atoms with E-state index in [0.29, 0.717) is 6.61 Å². The van der Waals surface area contributed by atoms with Crippen LogP contribution >= 0.6 is 0 Å². The summed E-state index contributed by atoms with van der Waals surface area (Å²) in [6, 6.07) is 9.97. The second kappa shape index (κ2) is 8.16. The molecule has 2 N–H and O–H groups in total. The van der Waals surface area contributed by atoms with Crippen molar-refractivity contribution in [2.24, 2.45) is 0 Å². The lowest BCUT2D eigenvalue weighted by Crippen LogP contribution is -2.31. The Morgan fingerprint density at radius 3 is 2.59 bits per heavy atom. The lowest BCUT2D eigenvalue weighted by atomic mass is 10.2. The van der Waals surface area contributed by atoms with Crippen molar-refractivity contribution in [2.45, 2.75) is 30.8 Å². The van der Waals surface area contributed by atoms with Crippen molar-refractivity contribution in [3.05, 3.63) is 59.4 Å². The summed E-state index contributed by atoms with van der Waals surface area (Å²) in [6.07, 6.45) is 1.66. The van der Waals surface area contributed by atoms with Crippen molar-refractivity contribution in [1.82, 2.24) is 4.72 Å². The fraction of sp³-hybridized carbons (Fsp3) is 0.316. The summed E-state index contributed by atoms with van der Waals surface area (Å²) in [6.45, 7) is 2.62. The first kappa shape index (κ1) is 19.5. The van der Waals surface area contributed by atoms with Gasteiger partial charge in [-0.05, 0) is 61.7 Å². The molecule has 0 spiro atoms.